The van der Waals surface area contributed by atoms with Gasteiger partial charge in [0.05, 0.1) is 11.6 Å². The van der Waals surface area contributed by atoms with Gasteiger partial charge in [-0.3, -0.25) is 0 Å². The number of nitriles is 1. The van der Waals surface area contributed by atoms with E-state index in [1.165, 1.54) is 5.56 Å². The molecule has 90 valence electrons. The molecule has 1 atom stereocenters. The van der Waals surface area contributed by atoms with E-state index in [4.69, 9.17) is 5.26 Å². The predicted octanol–water partition coefficient (Wildman–Crippen LogP) is 3.52. The van der Waals surface area contributed by atoms with Gasteiger partial charge < -0.3 is 5.32 Å². The van der Waals surface area contributed by atoms with E-state index >= 15 is 0 Å². The number of hydrogen-bond donors (Lipinski definition) is 1. The number of pyridine rings is 1. The molecule has 2 aromatic rings. The van der Waals surface area contributed by atoms with E-state index in [1.54, 1.807) is 18.3 Å². The molecule has 1 unspecified atom stereocenters. The van der Waals surface area contributed by atoms with Crippen molar-refractivity contribution in [2.75, 3.05) is 5.32 Å². The lowest BCUT2D eigenvalue weighted by Crippen LogP contribution is -2.11. The van der Waals surface area contributed by atoms with Gasteiger partial charge in [0.1, 0.15) is 11.9 Å². The van der Waals surface area contributed by atoms with E-state index in [2.05, 4.69) is 35.4 Å². The molecule has 0 amide bonds. The molecule has 2 rings (SSSR count). The molecule has 0 aliphatic heterocycles. The van der Waals surface area contributed by atoms with Gasteiger partial charge in [-0.1, -0.05) is 37.3 Å². The summed E-state index contributed by atoms with van der Waals surface area (Å²) in [6.45, 7) is 2.11. The minimum Gasteiger partial charge on any atom is -0.362 e. The van der Waals surface area contributed by atoms with Gasteiger partial charge in [-0.15, -0.1) is 0 Å². The van der Waals surface area contributed by atoms with Crippen LogP contribution in [-0.4, -0.2) is 4.98 Å². The third-order valence-corrected chi connectivity index (χ3v) is 2.85. The Morgan fingerprint density at radius 3 is 2.67 bits per heavy atom. The Labute approximate surface area is 107 Å². The van der Waals surface area contributed by atoms with Crippen molar-refractivity contribution in [1.82, 2.24) is 4.98 Å². The van der Waals surface area contributed by atoms with Crippen molar-refractivity contribution >= 4 is 5.82 Å². The molecule has 0 aliphatic carbocycles. The molecule has 1 N–H and O–H groups in total. The van der Waals surface area contributed by atoms with Crippen LogP contribution in [0.4, 0.5) is 5.82 Å². The maximum absolute atomic E-state index is 9.04. The number of nitrogens with zero attached hydrogens (tertiary/aromatic N) is 2. The zero-order valence-electron chi connectivity index (χ0n) is 10.3. The van der Waals surface area contributed by atoms with E-state index in [0.717, 1.165) is 6.42 Å². The Morgan fingerprint density at radius 1 is 1.22 bits per heavy atom. The second-order valence-corrected chi connectivity index (χ2v) is 4.03. The molecule has 0 radical (unpaired) electrons. The van der Waals surface area contributed by atoms with Crippen LogP contribution in [0.5, 0.6) is 0 Å². The second kappa shape index (κ2) is 5.83. The van der Waals surface area contributed by atoms with Crippen molar-refractivity contribution in [3.05, 3.63) is 59.8 Å². The Bertz CT molecular complexity index is 543. The van der Waals surface area contributed by atoms with Crippen molar-refractivity contribution in [3.8, 4) is 6.07 Å². The third-order valence-electron chi connectivity index (χ3n) is 2.85. The summed E-state index contributed by atoms with van der Waals surface area (Å²) in [5.74, 6) is 0.649. The second-order valence-electron chi connectivity index (χ2n) is 4.03. The molecular weight excluding hydrogens is 222 g/mol. The smallest absolute Gasteiger partial charge is 0.144 e. The molecule has 3 heteroatoms. The first kappa shape index (κ1) is 12.1. The molecule has 1 aromatic carbocycles. The van der Waals surface area contributed by atoms with Gasteiger partial charge in [-0.25, -0.2) is 4.98 Å². The van der Waals surface area contributed by atoms with Crippen LogP contribution in [0.1, 0.15) is 30.5 Å². The maximum atomic E-state index is 9.04. The van der Waals surface area contributed by atoms with Gasteiger partial charge in [0.2, 0.25) is 0 Å². The fourth-order valence-corrected chi connectivity index (χ4v) is 1.88. The number of hydrogen-bond acceptors (Lipinski definition) is 3. The fraction of sp³-hybridized carbons (Fsp3) is 0.200. The van der Waals surface area contributed by atoms with E-state index < -0.39 is 0 Å². The number of rotatable bonds is 4. The average molecular weight is 237 g/mol. The predicted molar refractivity (Wildman–Crippen MR) is 72.0 cm³/mol. The number of anilines is 1. The Balaban J connectivity index is 2.24. The van der Waals surface area contributed by atoms with Crippen molar-refractivity contribution in [2.24, 2.45) is 0 Å². The lowest BCUT2D eigenvalue weighted by atomic mass is 10.0. The summed E-state index contributed by atoms with van der Waals surface area (Å²) in [7, 11) is 0. The molecule has 0 bridgehead atoms. The largest absolute Gasteiger partial charge is 0.362 e. The number of aromatic nitrogens is 1. The van der Waals surface area contributed by atoms with Crippen LogP contribution in [0.25, 0.3) is 0 Å². The molecule has 0 aliphatic rings. The van der Waals surface area contributed by atoms with Crippen molar-refractivity contribution < 1.29 is 0 Å². The maximum Gasteiger partial charge on any atom is 0.144 e. The monoisotopic (exact) mass is 237 g/mol. The summed E-state index contributed by atoms with van der Waals surface area (Å²) in [4.78, 5) is 4.23. The molecule has 0 spiro atoms. The van der Waals surface area contributed by atoms with Crippen molar-refractivity contribution in [2.45, 2.75) is 19.4 Å². The number of benzene rings is 1. The molecular formula is C15H15N3. The lowest BCUT2D eigenvalue weighted by Gasteiger charge is -2.18. The quantitative estimate of drug-likeness (QED) is 0.885. The summed E-state index contributed by atoms with van der Waals surface area (Å²) < 4.78 is 0. The van der Waals surface area contributed by atoms with Crippen LogP contribution in [0.15, 0.2) is 48.7 Å². The normalized spacial score (nSPS) is 11.6. The fourth-order valence-electron chi connectivity index (χ4n) is 1.88. The zero-order chi connectivity index (χ0) is 12.8. The minimum atomic E-state index is 0.174. The first-order chi connectivity index (χ1) is 8.85. The van der Waals surface area contributed by atoms with Crippen LogP contribution in [-0.2, 0) is 0 Å². The summed E-state index contributed by atoms with van der Waals surface area (Å²) in [5.41, 5.74) is 1.78. The summed E-state index contributed by atoms with van der Waals surface area (Å²) in [5, 5.41) is 12.4. The summed E-state index contributed by atoms with van der Waals surface area (Å²) in [6.07, 6.45) is 2.63. The first-order valence-corrected chi connectivity index (χ1v) is 6.01. The van der Waals surface area contributed by atoms with Crippen LogP contribution < -0.4 is 5.32 Å². The van der Waals surface area contributed by atoms with Gasteiger partial charge in [-0.2, -0.15) is 5.26 Å². The van der Waals surface area contributed by atoms with Crippen LogP contribution in [0.2, 0.25) is 0 Å². The standard InChI is InChI=1S/C15H15N3/c1-2-14(12-7-4-3-5-8-12)18-15-13(11-16)9-6-10-17-15/h3-10,14H,2H2,1H3,(H,17,18). The van der Waals surface area contributed by atoms with Gasteiger partial charge in [0, 0.05) is 6.20 Å². The van der Waals surface area contributed by atoms with Gasteiger partial charge in [-0.05, 0) is 24.1 Å². The van der Waals surface area contributed by atoms with Gasteiger partial charge >= 0.3 is 0 Å². The van der Waals surface area contributed by atoms with Gasteiger partial charge in [0.15, 0.2) is 0 Å². The van der Waals surface area contributed by atoms with Gasteiger partial charge in [0.25, 0.3) is 0 Å². The van der Waals surface area contributed by atoms with E-state index in [0.29, 0.717) is 11.4 Å². The highest BCUT2D eigenvalue weighted by Crippen LogP contribution is 2.22. The Morgan fingerprint density at radius 2 is 2.00 bits per heavy atom. The minimum absolute atomic E-state index is 0.174. The molecule has 1 aromatic heterocycles. The van der Waals surface area contributed by atoms with Crippen LogP contribution >= 0.6 is 0 Å². The zero-order valence-corrected chi connectivity index (χ0v) is 10.3. The third kappa shape index (κ3) is 2.67. The van der Waals surface area contributed by atoms with E-state index in [-0.39, 0.29) is 6.04 Å². The van der Waals surface area contributed by atoms with E-state index in [1.807, 2.05) is 18.2 Å². The highest BCUT2D eigenvalue weighted by atomic mass is 15.0. The highest BCUT2D eigenvalue weighted by Gasteiger charge is 2.11. The lowest BCUT2D eigenvalue weighted by molar-refractivity contribution is 0.744. The molecule has 0 saturated carbocycles. The van der Waals surface area contributed by atoms with E-state index in [9.17, 15) is 0 Å². The van der Waals surface area contributed by atoms with Crippen LogP contribution in [0.3, 0.4) is 0 Å². The molecule has 18 heavy (non-hydrogen) atoms. The highest BCUT2D eigenvalue weighted by molar-refractivity contribution is 5.52. The summed E-state index contributed by atoms with van der Waals surface area (Å²) >= 11 is 0. The Hall–Kier alpha value is -2.34. The topological polar surface area (TPSA) is 48.7 Å². The average Bonchev–Trinajstić information content (AvgIpc) is 2.46. The number of nitrogens with one attached hydrogen (secondary N) is 1. The molecule has 0 fully saturated rings. The van der Waals surface area contributed by atoms with Crippen LogP contribution in [0, 0.1) is 11.3 Å². The first-order valence-electron chi connectivity index (χ1n) is 6.01. The summed E-state index contributed by atoms with van der Waals surface area (Å²) in [6, 6.07) is 16.1. The Kier molecular flexibility index (Phi) is 3.93. The SMILES string of the molecule is CCC(Nc1ncccc1C#N)c1ccccc1. The van der Waals surface area contributed by atoms with Crippen molar-refractivity contribution in [1.29, 1.82) is 5.26 Å². The van der Waals surface area contributed by atoms with Crippen molar-refractivity contribution in [3.63, 3.8) is 0 Å². The molecule has 3 nitrogen and oxygen atoms in total. The molecule has 1 heterocycles. The molecule has 0 saturated heterocycles.